The lowest BCUT2D eigenvalue weighted by Gasteiger charge is -2.26. The van der Waals surface area contributed by atoms with E-state index in [1.165, 1.54) is 55.6 Å². The first-order valence-corrected chi connectivity index (χ1v) is 7.71. The molecule has 19 heavy (non-hydrogen) atoms. The second-order valence-electron chi connectivity index (χ2n) is 5.96. The van der Waals surface area contributed by atoms with Crippen LogP contribution in [0, 0.1) is 13.8 Å². The third-order valence-corrected chi connectivity index (χ3v) is 4.07. The quantitative estimate of drug-likeness (QED) is 0.844. The number of rotatable bonds is 6. The van der Waals surface area contributed by atoms with Crippen molar-refractivity contribution in [3.05, 3.63) is 34.9 Å². The van der Waals surface area contributed by atoms with Crippen molar-refractivity contribution in [2.24, 2.45) is 0 Å². The normalized spacial score (nSPS) is 19.3. The van der Waals surface area contributed by atoms with Gasteiger partial charge in [-0.25, -0.2) is 0 Å². The van der Waals surface area contributed by atoms with E-state index < -0.39 is 0 Å². The van der Waals surface area contributed by atoms with E-state index in [1.54, 1.807) is 0 Å². The molecule has 1 atom stereocenters. The SMILES string of the molecule is CCCN(Cc1ccc(C)cc1C)CC1CCCN1. The lowest BCUT2D eigenvalue weighted by molar-refractivity contribution is 0.241. The fourth-order valence-electron chi connectivity index (χ4n) is 3.04. The first-order valence-electron chi connectivity index (χ1n) is 7.71. The monoisotopic (exact) mass is 260 g/mol. The Labute approximate surface area is 118 Å². The average molecular weight is 260 g/mol. The van der Waals surface area contributed by atoms with Crippen LogP contribution in [0.1, 0.15) is 42.9 Å². The Bertz CT molecular complexity index is 394. The molecule has 1 aliphatic heterocycles. The van der Waals surface area contributed by atoms with Crippen molar-refractivity contribution in [1.82, 2.24) is 10.2 Å². The van der Waals surface area contributed by atoms with Crippen LogP contribution in [0.2, 0.25) is 0 Å². The van der Waals surface area contributed by atoms with Gasteiger partial charge in [0.2, 0.25) is 0 Å². The number of nitrogens with one attached hydrogen (secondary N) is 1. The maximum atomic E-state index is 3.61. The van der Waals surface area contributed by atoms with E-state index in [2.05, 4.69) is 49.2 Å². The van der Waals surface area contributed by atoms with Crippen LogP contribution in [0.3, 0.4) is 0 Å². The maximum absolute atomic E-state index is 3.61. The van der Waals surface area contributed by atoms with Gasteiger partial charge in [-0.2, -0.15) is 0 Å². The van der Waals surface area contributed by atoms with Crippen molar-refractivity contribution in [2.75, 3.05) is 19.6 Å². The zero-order chi connectivity index (χ0) is 13.7. The Morgan fingerprint density at radius 2 is 2.16 bits per heavy atom. The van der Waals surface area contributed by atoms with Crippen LogP contribution in [-0.2, 0) is 6.54 Å². The molecule has 0 radical (unpaired) electrons. The summed E-state index contributed by atoms with van der Waals surface area (Å²) in [6.07, 6.45) is 3.92. The molecule has 0 amide bonds. The molecule has 1 heterocycles. The summed E-state index contributed by atoms with van der Waals surface area (Å²) in [7, 11) is 0. The summed E-state index contributed by atoms with van der Waals surface area (Å²) in [4.78, 5) is 2.61. The summed E-state index contributed by atoms with van der Waals surface area (Å²) in [6, 6.07) is 7.54. The molecule has 0 bridgehead atoms. The van der Waals surface area contributed by atoms with E-state index in [1.807, 2.05) is 0 Å². The number of hydrogen-bond acceptors (Lipinski definition) is 2. The van der Waals surface area contributed by atoms with Crippen molar-refractivity contribution < 1.29 is 0 Å². The molecule has 0 aromatic heterocycles. The molecule has 1 fully saturated rings. The molecular weight excluding hydrogens is 232 g/mol. The van der Waals surface area contributed by atoms with E-state index in [-0.39, 0.29) is 0 Å². The Hall–Kier alpha value is -0.860. The average Bonchev–Trinajstić information content (AvgIpc) is 2.86. The Kier molecular flexibility index (Phi) is 5.41. The van der Waals surface area contributed by atoms with Crippen LogP contribution in [0.15, 0.2) is 18.2 Å². The Balaban J connectivity index is 1.98. The predicted molar refractivity (Wildman–Crippen MR) is 82.5 cm³/mol. The first-order chi connectivity index (χ1) is 9.19. The zero-order valence-electron chi connectivity index (χ0n) is 12.7. The zero-order valence-corrected chi connectivity index (χ0v) is 12.7. The molecule has 0 saturated carbocycles. The highest BCUT2D eigenvalue weighted by Gasteiger charge is 2.17. The second kappa shape index (κ2) is 7.06. The van der Waals surface area contributed by atoms with Crippen LogP contribution in [0.25, 0.3) is 0 Å². The van der Waals surface area contributed by atoms with Crippen molar-refractivity contribution in [3.8, 4) is 0 Å². The first kappa shape index (κ1) is 14.5. The van der Waals surface area contributed by atoms with Crippen molar-refractivity contribution in [2.45, 2.75) is 52.6 Å². The molecule has 0 spiro atoms. The van der Waals surface area contributed by atoms with Gasteiger partial charge in [0.05, 0.1) is 0 Å². The Morgan fingerprint density at radius 1 is 1.32 bits per heavy atom. The van der Waals surface area contributed by atoms with E-state index in [9.17, 15) is 0 Å². The van der Waals surface area contributed by atoms with Crippen LogP contribution in [0.4, 0.5) is 0 Å². The molecule has 2 heteroatoms. The molecule has 2 rings (SSSR count). The number of nitrogens with zero attached hydrogens (tertiary/aromatic N) is 1. The van der Waals surface area contributed by atoms with Gasteiger partial charge in [-0.1, -0.05) is 30.7 Å². The van der Waals surface area contributed by atoms with E-state index >= 15 is 0 Å². The molecule has 1 aliphatic rings. The second-order valence-corrected chi connectivity index (χ2v) is 5.96. The molecule has 106 valence electrons. The van der Waals surface area contributed by atoms with Crippen LogP contribution in [-0.4, -0.2) is 30.6 Å². The largest absolute Gasteiger partial charge is 0.313 e. The van der Waals surface area contributed by atoms with Gasteiger partial charge in [-0.3, -0.25) is 4.90 Å². The van der Waals surface area contributed by atoms with Gasteiger partial charge >= 0.3 is 0 Å². The van der Waals surface area contributed by atoms with E-state index in [4.69, 9.17) is 0 Å². The van der Waals surface area contributed by atoms with Gasteiger partial charge in [-0.15, -0.1) is 0 Å². The summed E-state index contributed by atoms with van der Waals surface area (Å²) in [6.45, 7) is 11.4. The fraction of sp³-hybridized carbons (Fsp3) is 0.647. The number of benzene rings is 1. The Morgan fingerprint density at radius 3 is 2.79 bits per heavy atom. The maximum Gasteiger partial charge on any atom is 0.0237 e. The van der Waals surface area contributed by atoms with Crippen molar-refractivity contribution >= 4 is 0 Å². The van der Waals surface area contributed by atoms with Crippen molar-refractivity contribution in [1.29, 1.82) is 0 Å². The van der Waals surface area contributed by atoms with Gasteiger partial charge in [0.25, 0.3) is 0 Å². The summed E-state index contributed by atoms with van der Waals surface area (Å²) >= 11 is 0. The third kappa shape index (κ3) is 4.32. The molecule has 1 N–H and O–H groups in total. The minimum atomic E-state index is 0.706. The minimum Gasteiger partial charge on any atom is -0.313 e. The van der Waals surface area contributed by atoms with E-state index in [0.717, 1.165) is 6.54 Å². The van der Waals surface area contributed by atoms with Crippen molar-refractivity contribution in [3.63, 3.8) is 0 Å². The molecular formula is C17H28N2. The topological polar surface area (TPSA) is 15.3 Å². The van der Waals surface area contributed by atoms with Gasteiger partial charge in [0, 0.05) is 19.1 Å². The molecule has 1 aromatic carbocycles. The smallest absolute Gasteiger partial charge is 0.0237 e. The standard InChI is InChI=1S/C17H28N2/c1-4-10-19(13-17-6-5-9-18-17)12-16-8-7-14(2)11-15(16)3/h7-8,11,17-18H,4-6,9-10,12-13H2,1-3H3. The summed E-state index contributed by atoms with van der Waals surface area (Å²) < 4.78 is 0. The number of aryl methyl sites for hydroxylation is 2. The highest BCUT2D eigenvalue weighted by atomic mass is 15.1. The van der Waals surface area contributed by atoms with Gasteiger partial charge in [-0.05, 0) is 57.3 Å². The molecule has 1 unspecified atom stereocenters. The van der Waals surface area contributed by atoms with Crippen LogP contribution < -0.4 is 5.32 Å². The molecule has 1 saturated heterocycles. The lowest BCUT2D eigenvalue weighted by Crippen LogP contribution is -2.37. The van der Waals surface area contributed by atoms with Crippen LogP contribution >= 0.6 is 0 Å². The van der Waals surface area contributed by atoms with Gasteiger partial charge < -0.3 is 5.32 Å². The summed E-state index contributed by atoms with van der Waals surface area (Å²) in [5, 5.41) is 3.61. The van der Waals surface area contributed by atoms with Gasteiger partial charge in [0.1, 0.15) is 0 Å². The van der Waals surface area contributed by atoms with E-state index in [0.29, 0.717) is 6.04 Å². The third-order valence-electron chi connectivity index (χ3n) is 4.07. The predicted octanol–water partition coefficient (Wildman–Crippen LogP) is 3.27. The summed E-state index contributed by atoms with van der Waals surface area (Å²) in [5.74, 6) is 0. The van der Waals surface area contributed by atoms with Gasteiger partial charge in [0.15, 0.2) is 0 Å². The molecule has 2 nitrogen and oxygen atoms in total. The highest BCUT2D eigenvalue weighted by molar-refractivity contribution is 5.30. The number of hydrogen-bond donors (Lipinski definition) is 1. The fourth-order valence-corrected chi connectivity index (χ4v) is 3.04. The summed E-state index contributed by atoms with van der Waals surface area (Å²) in [5.41, 5.74) is 4.28. The van der Waals surface area contributed by atoms with Crippen LogP contribution in [0.5, 0.6) is 0 Å². The highest BCUT2D eigenvalue weighted by Crippen LogP contribution is 2.15. The minimum absolute atomic E-state index is 0.706. The molecule has 0 aliphatic carbocycles. The lowest BCUT2D eigenvalue weighted by atomic mass is 10.0. The molecule has 1 aromatic rings.